The third-order valence-electron chi connectivity index (χ3n) is 4.45. The van der Waals surface area contributed by atoms with E-state index in [9.17, 15) is 8.42 Å². The summed E-state index contributed by atoms with van der Waals surface area (Å²) < 4.78 is 23.7. The lowest BCUT2D eigenvalue weighted by molar-refractivity contribution is 0.149. The van der Waals surface area contributed by atoms with E-state index in [4.69, 9.17) is 5.73 Å². The average Bonchev–Trinajstić information content (AvgIpc) is 2.25. The van der Waals surface area contributed by atoms with Crippen LogP contribution in [-0.2, 0) is 9.84 Å². The quantitative estimate of drug-likeness (QED) is 0.858. The van der Waals surface area contributed by atoms with Crippen molar-refractivity contribution in [1.82, 2.24) is 0 Å². The maximum atomic E-state index is 12.2. The minimum Gasteiger partial charge on any atom is -0.330 e. The summed E-state index contributed by atoms with van der Waals surface area (Å²) in [5.74, 6) is 0.958. The molecule has 0 saturated heterocycles. The van der Waals surface area contributed by atoms with Gasteiger partial charge in [0, 0.05) is 0 Å². The molecule has 4 heteroatoms. The van der Waals surface area contributed by atoms with Crippen LogP contribution in [0.3, 0.4) is 0 Å². The Hall–Kier alpha value is -0.0900. The molecule has 3 nitrogen and oxygen atoms in total. The van der Waals surface area contributed by atoms with Gasteiger partial charge < -0.3 is 5.73 Å². The Morgan fingerprint density at radius 2 is 1.94 bits per heavy atom. The van der Waals surface area contributed by atoms with Crippen molar-refractivity contribution in [2.45, 2.75) is 64.5 Å². The number of hydrogen-bond acceptors (Lipinski definition) is 3. The van der Waals surface area contributed by atoms with Gasteiger partial charge in [-0.3, -0.25) is 0 Å². The molecule has 2 N–H and O–H groups in total. The summed E-state index contributed by atoms with van der Waals surface area (Å²) in [6.07, 6.45) is 5.35. The predicted molar refractivity (Wildman–Crippen MR) is 77.3 cm³/mol. The van der Waals surface area contributed by atoms with Gasteiger partial charge in [0.05, 0.1) is 10.5 Å². The highest BCUT2D eigenvalue weighted by Gasteiger charge is 2.37. The van der Waals surface area contributed by atoms with Gasteiger partial charge in [0.2, 0.25) is 0 Å². The second kappa shape index (κ2) is 5.49. The van der Waals surface area contributed by atoms with E-state index >= 15 is 0 Å². The topological polar surface area (TPSA) is 60.2 Å². The maximum Gasteiger partial charge on any atom is 0.155 e. The van der Waals surface area contributed by atoms with Crippen LogP contribution in [0.15, 0.2) is 0 Å². The first kappa shape index (κ1) is 16.0. The lowest BCUT2D eigenvalue weighted by Crippen LogP contribution is -2.39. The Kier molecular flexibility index (Phi) is 4.87. The molecule has 1 aliphatic rings. The molecule has 1 fully saturated rings. The molecule has 0 amide bonds. The summed E-state index contributed by atoms with van der Waals surface area (Å²) in [5.41, 5.74) is 6.01. The standard InChI is InChI=1S/C14H29NO2S/c1-12-6-5-7-14(10-12,11-15)8-9-18(16,17)13(2,3)4/h12H,5-11,15H2,1-4H3. The van der Waals surface area contributed by atoms with E-state index in [2.05, 4.69) is 6.92 Å². The van der Waals surface area contributed by atoms with Gasteiger partial charge in [-0.1, -0.05) is 19.8 Å². The summed E-state index contributed by atoms with van der Waals surface area (Å²) in [6, 6.07) is 0. The van der Waals surface area contributed by atoms with Crippen LogP contribution in [0.4, 0.5) is 0 Å². The largest absolute Gasteiger partial charge is 0.330 e. The van der Waals surface area contributed by atoms with E-state index in [0.717, 1.165) is 19.3 Å². The minimum atomic E-state index is -3.02. The molecule has 2 atom stereocenters. The van der Waals surface area contributed by atoms with E-state index in [1.807, 2.05) is 0 Å². The van der Waals surface area contributed by atoms with Crippen LogP contribution >= 0.6 is 0 Å². The summed E-state index contributed by atoms with van der Waals surface area (Å²) in [4.78, 5) is 0. The molecule has 0 heterocycles. The fraction of sp³-hybridized carbons (Fsp3) is 1.00. The van der Waals surface area contributed by atoms with Crippen molar-refractivity contribution in [3.8, 4) is 0 Å². The summed E-state index contributed by atoms with van der Waals surface area (Å²) in [7, 11) is -3.02. The number of nitrogens with two attached hydrogens (primary N) is 1. The van der Waals surface area contributed by atoms with E-state index in [0.29, 0.717) is 12.5 Å². The summed E-state index contributed by atoms with van der Waals surface area (Å²) in [5, 5.41) is 0. The van der Waals surface area contributed by atoms with Crippen LogP contribution in [0.2, 0.25) is 0 Å². The van der Waals surface area contributed by atoms with Crippen LogP contribution in [0.5, 0.6) is 0 Å². The number of sulfone groups is 1. The van der Waals surface area contributed by atoms with E-state index in [1.165, 1.54) is 12.8 Å². The van der Waals surface area contributed by atoms with Gasteiger partial charge in [0.25, 0.3) is 0 Å². The van der Waals surface area contributed by atoms with Crippen LogP contribution in [-0.4, -0.2) is 25.5 Å². The van der Waals surface area contributed by atoms with Gasteiger partial charge in [-0.05, 0) is 57.9 Å². The normalized spacial score (nSPS) is 30.4. The number of hydrogen-bond donors (Lipinski definition) is 1. The zero-order chi connectivity index (χ0) is 14.0. The molecule has 1 saturated carbocycles. The van der Waals surface area contributed by atoms with Crippen molar-refractivity contribution in [2.24, 2.45) is 17.1 Å². The minimum absolute atomic E-state index is 0.0655. The fourth-order valence-corrected chi connectivity index (χ4v) is 4.25. The van der Waals surface area contributed by atoms with Crippen molar-refractivity contribution in [3.05, 3.63) is 0 Å². The van der Waals surface area contributed by atoms with Crippen LogP contribution < -0.4 is 5.73 Å². The zero-order valence-electron chi connectivity index (χ0n) is 12.3. The third kappa shape index (κ3) is 3.70. The summed E-state index contributed by atoms with van der Waals surface area (Å²) >= 11 is 0. The molecule has 0 radical (unpaired) electrons. The Morgan fingerprint density at radius 3 is 2.39 bits per heavy atom. The molecule has 0 bridgehead atoms. The second-order valence-electron chi connectivity index (χ2n) is 7.09. The van der Waals surface area contributed by atoms with Crippen LogP contribution in [0, 0.1) is 11.3 Å². The SMILES string of the molecule is CC1CCCC(CN)(CCS(=O)(=O)C(C)(C)C)C1. The molecular weight excluding hydrogens is 246 g/mol. The maximum absolute atomic E-state index is 12.2. The molecule has 0 aromatic rings. The predicted octanol–water partition coefficient (Wildman–Crippen LogP) is 2.75. The lowest BCUT2D eigenvalue weighted by atomic mass is 9.68. The van der Waals surface area contributed by atoms with Gasteiger partial charge in [0.1, 0.15) is 0 Å². The lowest BCUT2D eigenvalue weighted by Gasteiger charge is -2.39. The molecule has 1 aliphatic carbocycles. The van der Waals surface area contributed by atoms with Crippen molar-refractivity contribution in [1.29, 1.82) is 0 Å². The first-order valence-electron chi connectivity index (χ1n) is 7.04. The monoisotopic (exact) mass is 275 g/mol. The van der Waals surface area contributed by atoms with Crippen LogP contribution in [0.1, 0.15) is 59.8 Å². The molecule has 0 spiro atoms. The van der Waals surface area contributed by atoms with Gasteiger partial charge in [0.15, 0.2) is 9.84 Å². The Morgan fingerprint density at radius 1 is 1.33 bits per heavy atom. The number of rotatable bonds is 4. The first-order valence-corrected chi connectivity index (χ1v) is 8.69. The second-order valence-corrected chi connectivity index (χ2v) is 9.95. The Balaban J connectivity index is 2.71. The van der Waals surface area contributed by atoms with E-state index in [1.54, 1.807) is 20.8 Å². The van der Waals surface area contributed by atoms with Crippen molar-refractivity contribution in [2.75, 3.05) is 12.3 Å². The van der Waals surface area contributed by atoms with E-state index < -0.39 is 14.6 Å². The van der Waals surface area contributed by atoms with Gasteiger partial charge in [-0.2, -0.15) is 0 Å². The fourth-order valence-electron chi connectivity index (χ4n) is 2.94. The molecule has 1 rings (SSSR count). The highest BCUT2D eigenvalue weighted by Crippen LogP contribution is 2.41. The molecule has 0 aliphatic heterocycles. The smallest absolute Gasteiger partial charge is 0.155 e. The highest BCUT2D eigenvalue weighted by atomic mass is 32.2. The third-order valence-corrected chi connectivity index (χ3v) is 7.06. The zero-order valence-corrected chi connectivity index (χ0v) is 13.1. The van der Waals surface area contributed by atoms with Crippen molar-refractivity contribution < 1.29 is 8.42 Å². The summed E-state index contributed by atoms with van der Waals surface area (Å²) in [6.45, 7) is 8.21. The molecule has 108 valence electrons. The molecule has 2 unspecified atom stereocenters. The molecule has 0 aromatic heterocycles. The van der Waals surface area contributed by atoms with Crippen molar-refractivity contribution in [3.63, 3.8) is 0 Å². The van der Waals surface area contributed by atoms with Crippen molar-refractivity contribution >= 4 is 9.84 Å². The van der Waals surface area contributed by atoms with Crippen LogP contribution in [0.25, 0.3) is 0 Å². The average molecular weight is 275 g/mol. The molecule has 0 aromatic carbocycles. The highest BCUT2D eigenvalue weighted by molar-refractivity contribution is 7.92. The Labute approximate surface area is 112 Å². The first-order chi connectivity index (χ1) is 8.12. The van der Waals surface area contributed by atoms with E-state index in [-0.39, 0.29) is 11.2 Å². The van der Waals surface area contributed by atoms with Gasteiger partial charge >= 0.3 is 0 Å². The van der Waals surface area contributed by atoms with Gasteiger partial charge in [-0.15, -0.1) is 0 Å². The molecular formula is C14H29NO2S. The molecule has 18 heavy (non-hydrogen) atoms. The van der Waals surface area contributed by atoms with Gasteiger partial charge in [-0.25, -0.2) is 8.42 Å². The Bertz CT molecular complexity index is 370.